The predicted octanol–water partition coefficient (Wildman–Crippen LogP) is 4.01. The van der Waals surface area contributed by atoms with Crippen LogP contribution in [0.15, 0.2) is 36.4 Å². The monoisotopic (exact) mass is 407 g/mol. The molecule has 0 saturated carbocycles. The highest BCUT2D eigenvalue weighted by Crippen LogP contribution is 2.34. The zero-order valence-corrected chi connectivity index (χ0v) is 17.1. The van der Waals surface area contributed by atoms with Gasteiger partial charge >= 0.3 is 0 Å². The van der Waals surface area contributed by atoms with Gasteiger partial charge in [-0.1, -0.05) is 0 Å². The zero-order valence-electron chi connectivity index (χ0n) is 17.1. The van der Waals surface area contributed by atoms with E-state index in [1.165, 1.54) is 12.1 Å². The Kier molecular flexibility index (Phi) is 4.20. The maximum Gasteiger partial charge on any atom is 0.270 e. The minimum absolute atomic E-state index is 0.0638. The lowest BCUT2D eigenvalue weighted by molar-refractivity contribution is 0.0726. The summed E-state index contributed by atoms with van der Waals surface area (Å²) in [5.74, 6) is 0.989. The number of aromatic amines is 1. The number of nitrogens with zero attached hydrogens (tertiary/aromatic N) is 2. The molecule has 0 bridgehead atoms. The highest BCUT2D eigenvalue weighted by molar-refractivity contribution is 6.01. The van der Waals surface area contributed by atoms with E-state index in [0.717, 1.165) is 33.1 Å². The van der Waals surface area contributed by atoms with Crippen LogP contribution in [-0.4, -0.2) is 41.1 Å². The molecule has 0 atom stereocenters. The van der Waals surface area contributed by atoms with Crippen LogP contribution in [0.1, 0.15) is 21.7 Å². The molecule has 0 radical (unpaired) electrons. The third-order valence-corrected chi connectivity index (χ3v) is 6.00. The fraction of sp³-hybridized carbons (Fsp3) is 0.261. The van der Waals surface area contributed by atoms with Crippen LogP contribution in [-0.2, 0) is 20.0 Å². The van der Waals surface area contributed by atoms with Crippen LogP contribution in [0.25, 0.3) is 21.8 Å². The summed E-state index contributed by atoms with van der Waals surface area (Å²) >= 11 is 0. The number of methoxy groups -OCH3 is 2. The molecule has 0 spiro atoms. The molecule has 2 aromatic carbocycles. The standard InChI is InChI=1S/C23H22FN3O3/c1-26-20-9-14(29-2)10-22(30-3)16(20)11-21(26)23(28)27-7-6-19-17(12-27)15-8-13(24)4-5-18(15)25-19/h4-5,8-11,25H,6-7,12H2,1-3H3. The van der Waals surface area contributed by atoms with Gasteiger partial charge in [0.1, 0.15) is 23.0 Å². The molecule has 1 N–H and O–H groups in total. The summed E-state index contributed by atoms with van der Waals surface area (Å²) in [5, 5.41) is 1.70. The highest BCUT2D eigenvalue weighted by atomic mass is 19.1. The summed E-state index contributed by atoms with van der Waals surface area (Å²) < 4.78 is 26.5. The number of nitrogens with one attached hydrogen (secondary N) is 1. The van der Waals surface area contributed by atoms with Crippen LogP contribution in [0, 0.1) is 5.82 Å². The van der Waals surface area contributed by atoms with Gasteiger partial charge in [0.2, 0.25) is 0 Å². The normalized spacial score (nSPS) is 13.7. The second-order valence-corrected chi connectivity index (χ2v) is 7.60. The third kappa shape index (κ3) is 2.73. The van der Waals surface area contributed by atoms with Crippen molar-refractivity contribution in [2.75, 3.05) is 20.8 Å². The molecule has 1 aliphatic heterocycles. The lowest BCUT2D eigenvalue weighted by Crippen LogP contribution is -2.36. The minimum Gasteiger partial charge on any atom is -0.497 e. The number of aromatic nitrogens is 2. The van der Waals surface area contributed by atoms with Crippen LogP contribution in [0.5, 0.6) is 11.5 Å². The molecule has 6 nitrogen and oxygen atoms in total. The van der Waals surface area contributed by atoms with Crippen molar-refractivity contribution in [2.24, 2.45) is 7.05 Å². The van der Waals surface area contributed by atoms with Gasteiger partial charge in [0.05, 0.1) is 19.7 Å². The fourth-order valence-electron chi connectivity index (χ4n) is 4.39. The smallest absolute Gasteiger partial charge is 0.270 e. The average Bonchev–Trinajstić information content (AvgIpc) is 3.29. The molecule has 2 aromatic heterocycles. The molecule has 1 aliphatic rings. The summed E-state index contributed by atoms with van der Waals surface area (Å²) in [4.78, 5) is 18.6. The van der Waals surface area contributed by atoms with Gasteiger partial charge in [-0.15, -0.1) is 0 Å². The molecule has 0 aliphatic carbocycles. The molecule has 0 fully saturated rings. The van der Waals surface area contributed by atoms with Crippen LogP contribution in [0.4, 0.5) is 4.39 Å². The minimum atomic E-state index is -0.275. The van der Waals surface area contributed by atoms with Crippen molar-refractivity contribution in [1.82, 2.24) is 14.5 Å². The quantitative estimate of drug-likeness (QED) is 0.558. The maximum absolute atomic E-state index is 13.8. The van der Waals surface area contributed by atoms with Gasteiger partial charge in [-0.3, -0.25) is 4.79 Å². The number of carbonyl (C=O) groups is 1. The SMILES string of the molecule is COc1cc(OC)c2cc(C(=O)N3CCc4[nH]c5ccc(F)cc5c4C3)n(C)c2c1. The van der Waals surface area contributed by atoms with Gasteiger partial charge in [-0.2, -0.15) is 0 Å². The number of H-pyrrole nitrogens is 1. The van der Waals surface area contributed by atoms with E-state index in [2.05, 4.69) is 4.98 Å². The molecule has 154 valence electrons. The van der Waals surface area contributed by atoms with Crippen molar-refractivity contribution in [3.63, 3.8) is 0 Å². The highest BCUT2D eigenvalue weighted by Gasteiger charge is 2.27. The zero-order chi connectivity index (χ0) is 21.0. The first-order chi connectivity index (χ1) is 14.5. The second-order valence-electron chi connectivity index (χ2n) is 7.60. The van der Waals surface area contributed by atoms with E-state index in [9.17, 15) is 9.18 Å². The number of fused-ring (bicyclic) bond motifs is 4. The van der Waals surface area contributed by atoms with E-state index < -0.39 is 0 Å². The molecule has 0 unspecified atom stereocenters. The Balaban J connectivity index is 1.54. The Hall–Kier alpha value is -3.48. The van der Waals surface area contributed by atoms with Crippen molar-refractivity contribution in [3.8, 4) is 11.5 Å². The van der Waals surface area contributed by atoms with Crippen LogP contribution in [0.3, 0.4) is 0 Å². The Labute approximate surface area is 172 Å². The number of carbonyl (C=O) groups excluding carboxylic acids is 1. The summed E-state index contributed by atoms with van der Waals surface area (Å²) in [7, 11) is 5.07. The number of rotatable bonds is 3. The van der Waals surface area contributed by atoms with Crippen molar-refractivity contribution >= 4 is 27.7 Å². The van der Waals surface area contributed by atoms with E-state index in [-0.39, 0.29) is 11.7 Å². The lowest BCUT2D eigenvalue weighted by atomic mass is 10.0. The molecule has 30 heavy (non-hydrogen) atoms. The number of halogens is 1. The number of benzene rings is 2. The number of ether oxygens (including phenoxy) is 2. The van der Waals surface area contributed by atoms with E-state index in [4.69, 9.17) is 9.47 Å². The molecule has 7 heteroatoms. The van der Waals surface area contributed by atoms with E-state index in [1.54, 1.807) is 20.3 Å². The summed E-state index contributed by atoms with van der Waals surface area (Å²) in [6.45, 7) is 1.04. The summed E-state index contributed by atoms with van der Waals surface area (Å²) in [6.07, 6.45) is 0.707. The molecule has 1 amide bonds. The van der Waals surface area contributed by atoms with Crippen molar-refractivity contribution in [3.05, 3.63) is 59.2 Å². The Morgan fingerprint density at radius 2 is 1.93 bits per heavy atom. The molecular formula is C23H22FN3O3. The Bertz CT molecular complexity index is 1300. The number of amides is 1. The van der Waals surface area contributed by atoms with Gasteiger partial charge in [0.15, 0.2) is 0 Å². The van der Waals surface area contributed by atoms with Crippen LogP contribution < -0.4 is 9.47 Å². The molecule has 5 rings (SSSR count). The Morgan fingerprint density at radius 3 is 2.70 bits per heavy atom. The lowest BCUT2D eigenvalue weighted by Gasteiger charge is -2.27. The first kappa shape index (κ1) is 18.5. The van der Waals surface area contributed by atoms with E-state index in [1.807, 2.05) is 34.7 Å². The van der Waals surface area contributed by atoms with Gasteiger partial charge in [-0.25, -0.2) is 4.39 Å². The second kappa shape index (κ2) is 6.79. The van der Waals surface area contributed by atoms with Gasteiger partial charge in [0, 0.05) is 66.2 Å². The predicted molar refractivity (Wildman–Crippen MR) is 113 cm³/mol. The maximum atomic E-state index is 13.8. The van der Waals surface area contributed by atoms with Crippen molar-refractivity contribution < 1.29 is 18.7 Å². The Morgan fingerprint density at radius 1 is 1.10 bits per heavy atom. The van der Waals surface area contributed by atoms with Crippen molar-refractivity contribution in [1.29, 1.82) is 0 Å². The third-order valence-electron chi connectivity index (χ3n) is 6.00. The van der Waals surface area contributed by atoms with E-state index >= 15 is 0 Å². The topological polar surface area (TPSA) is 59.5 Å². The molecule has 3 heterocycles. The fourth-order valence-corrected chi connectivity index (χ4v) is 4.39. The summed E-state index contributed by atoms with van der Waals surface area (Å²) in [5.41, 5.74) is 4.40. The van der Waals surface area contributed by atoms with Gasteiger partial charge in [-0.05, 0) is 24.3 Å². The van der Waals surface area contributed by atoms with E-state index in [0.29, 0.717) is 36.7 Å². The number of hydrogen-bond acceptors (Lipinski definition) is 3. The molecule has 4 aromatic rings. The summed E-state index contributed by atoms with van der Waals surface area (Å²) in [6, 6.07) is 10.3. The number of aryl methyl sites for hydroxylation is 1. The first-order valence-corrected chi connectivity index (χ1v) is 9.80. The molecular weight excluding hydrogens is 385 g/mol. The first-order valence-electron chi connectivity index (χ1n) is 9.80. The van der Waals surface area contributed by atoms with Gasteiger partial charge in [0.25, 0.3) is 5.91 Å². The average molecular weight is 407 g/mol. The largest absolute Gasteiger partial charge is 0.497 e. The molecule has 0 saturated heterocycles. The van der Waals surface area contributed by atoms with Crippen LogP contribution in [0.2, 0.25) is 0 Å². The van der Waals surface area contributed by atoms with Gasteiger partial charge < -0.3 is 23.9 Å². The van der Waals surface area contributed by atoms with Crippen molar-refractivity contribution in [2.45, 2.75) is 13.0 Å². The number of hydrogen-bond donors (Lipinski definition) is 1. The van der Waals surface area contributed by atoms with Crippen LogP contribution >= 0.6 is 0 Å².